The molecule has 0 aromatic heterocycles. The van der Waals surface area contributed by atoms with E-state index in [-0.39, 0.29) is 11.5 Å². The third-order valence-corrected chi connectivity index (χ3v) is 3.60. The van der Waals surface area contributed by atoms with Crippen LogP contribution in [0.15, 0.2) is 45.3 Å². The van der Waals surface area contributed by atoms with Crippen LogP contribution in [0.25, 0.3) is 11.1 Å². The van der Waals surface area contributed by atoms with Crippen LogP contribution >= 0.6 is 31.9 Å². The molecule has 0 heterocycles. The van der Waals surface area contributed by atoms with Gasteiger partial charge in [-0.1, -0.05) is 37.9 Å². The molecule has 0 saturated carbocycles. The summed E-state index contributed by atoms with van der Waals surface area (Å²) < 4.78 is 1.64. The van der Waals surface area contributed by atoms with Gasteiger partial charge in [-0.25, -0.2) is 0 Å². The van der Waals surface area contributed by atoms with Crippen LogP contribution in [0.2, 0.25) is 0 Å². The van der Waals surface area contributed by atoms with Crippen molar-refractivity contribution in [3.8, 4) is 16.9 Å². The maximum atomic E-state index is 11.7. The zero-order valence-corrected chi connectivity index (χ0v) is 12.7. The fourth-order valence-electron chi connectivity index (χ4n) is 1.78. The van der Waals surface area contributed by atoms with Crippen molar-refractivity contribution < 1.29 is 9.90 Å². The maximum Gasteiger partial charge on any atom is 0.160 e. The topological polar surface area (TPSA) is 37.3 Å². The van der Waals surface area contributed by atoms with Gasteiger partial charge in [0.2, 0.25) is 0 Å². The standard InChI is InChI=1S/C14H10Br2O2/c1-8(17)13-6-9(15)2-4-11(13)12-5-3-10(16)7-14(12)18/h2-7,18H,1H3. The number of halogens is 2. The van der Waals surface area contributed by atoms with E-state index in [2.05, 4.69) is 31.9 Å². The van der Waals surface area contributed by atoms with Gasteiger partial charge in [-0.2, -0.15) is 0 Å². The number of hydrogen-bond donors (Lipinski definition) is 1. The van der Waals surface area contributed by atoms with Gasteiger partial charge in [0.05, 0.1) is 0 Å². The fraction of sp³-hybridized carbons (Fsp3) is 0.0714. The van der Waals surface area contributed by atoms with Crippen molar-refractivity contribution >= 4 is 37.6 Å². The van der Waals surface area contributed by atoms with E-state index < -0.39 is 0 Å². The molecule has 2 rings (SSSR count). The van der Waals surface area contributed by atoms with Crippen LogP contribution in [0.1, 0.15) is 17.3 Å². The molecular formula is C14H10Br2O2. The lowest BCUT2D eigenvalue weighted by atomic mass is 9.97. The lowest BCUT2D eigenvalue weighted by molar-refractivity contribution is 0.101. The van der Waals surface area contributed by atoms with Crippen molar-refractivity contribution in [3.63, 3.8) is 0 Å². The molecule has 0 atom stereocenters. The maximum absolute atomic E-state index is 11.7. The van der Waals surface area contributed by atoms with Crippen LogP contribution < -0.4 is 0 Å². The summed E-state index contributed by atoms with van der Waals surface area (Å²) >= 11 is 6.64. The molecule has 0 bridgehead atoms. The number of hydrogen-bond acceptors (Lipinski definition) is 2. The molecule has 0 unspecified atom stereocenters. The highest BCUT2D eigenvalue weighted by molar-refractivity contribution is 9.10. The molecule has 4 heteroatoms. The largest absolute Gasteiger partial charge is 0.507 e. The van der Waals surface area contributed by atoms with Crippen LogP contribution in [0.5, 0.6) is 5.75 Å². The van der Waals surface area contributed by atoms with Crippen LogP contribution in [-0.4, -0.2) is 10.9 Å². The van der Waals surface area contributed by atoms with E-state index >= 15 is 0 Å². The van der Waals surface area contributed by atoms with Crippen molar-refractivity contribution in [2.75, 3.05) is 0 Å². The SMILES string of the molecule is CC(=O)c1cc(Br)ccc1-c1ccc(Br)cc1O. The average molecular weight is 370 g/mol. The normalized spacial score (nSPS) is 10.4. The van der Waals surface area contributed by atoms with Crippen molar-refractivity contribution in [2.24, 2.45) is 0 Å². The molecule has 18 heavy (non-hydrogen) atoms. The van der Waals surface area contributed by atoms with E-state index in [0.717, 1.165) is 14.5 Å². The predicted octanol–water partition coefficient (Wildman–Crippen LogP) is 4.79. The number of rotatable bonds is 2. The Bertz CT molecular complexity index is 621. The third kappa shape index (κ3) is 2.65. The first kappa shape index (κ1) is 13.3. The number of benzene rings is 2. The molecule has 2 nitrogen and oxygen atoms in total. The van der Waals surface area contributed by atoms with E-state index in [4.69, 9.17) is 0 Å². The van der Waals surface area contributed by atoms with E-state index in [0.29, 0.717) is 11.1 Å². The van der Waals surface area contributed by atoms with E-state index in [1.54, 1.807) is 18.2 Å². The summed E-state index contributed by atoms with van der Waals surface area (Å²) in [6.07, 6.45) is 0. The molecule has 0 aliphatic heterocycles. The van der Waals surface area contributed by atoms with Crippen molar-refractivity contribution in [3.05, 3.63) is 50.9 Å². The fourth-order valence-corrected chi connectivity index (χ4v) is 2.49. The minimum absolute atomic E-state index is 0.0337. The Labute approximate surface area is 122 Å². The van der Waals surface area contributed by atoms with Crippen LogP contribution in [0.3, 0.4) is 0 Å². The van der Waals surface area contributed by atoms with E-state index in [9.17, 15) is 9.90 Å². The van der Waals surface area contributed by atoms with Crippen LogP contribution in [0, 0.1) is 0 Å². The summed E-state index contributed by atoms with van der Waals surface area (Å²) in [6.45, 7) is 1.52. The molecule has 2 aromatic carbocycles. The number of Topliss-reactive ketones (excluding diaryl/α,β-unsaturated/α-hetero) is 1. The second-order valence-electron chi connectivity index (χ2n) is 3.91. The zero-order chi connectivity index (χ0) is 13.3. The van der Waals surface area contributed by atoms with Gasteiger partial charge in [-0.15, -0.1) is 0 Å². The minimum Gasteiger partial charge on any atom is -0.507 e. The smallest absolute Gasteiger partial charge is 0.160 e. The summed E-state index contributed by atoms with van der Waals surface area (Å²) in [5, 5.41) is 9.97. The summed E-state index contributed by atoms with van der Waals surface area (Å²) in [4.78, 5) is 11.7. The zero-order valence-electron chi connectivity index (χ0n) is 9.58. The van der Waals surface area contributed by atoms with Crippen molar-refractivity contribution in [1.29, 1.82) is 0 Å². The first-order valence-corrected chi connectivity index (χ1v) is 6.87. The average Bonchev–Trinajstić information content (AvgIpc) is 2.29. The quantitative estimate of drug-likeness (QED) is 0.773. The van der Waals surface area contributed by atoms with Gasteiger partial charge in [-0.3, -0.25) is 4.79 Å². The van der Waals surface area contributed by atoms with Gasteiger partial charge in [0, 0.05) is 20.1 Å². The lowest BCUT2D eigenvalue weighted by Gasteiger charge is -2.10. The van der Waals surface area contributed by atoms with Gasteiger partial charge in [0.15, 0.2) is 5.78 Å². The summed E-state index contributed by atoms with van der Waals surface area (Å²) in [5.41, 5.74) is 1.97. The highest BCUT2D eigenvalue weighted by Gasteiger charge is 2.13. The van der Waals surface area contributed by atoms with E-state index in [1.807, 2.05) is 18.2 Å². The Balaban J connectivity index is 2.67. The molecule has 0 spiro atoms. The van der Waals surface area contributed by atoms with E-state index in [1.165, 1.54) is 6.92 Å². The molecule has 92 valence electrons. The molecule has 0 saturated heterocycles. The number of carbonyl (C=O) groups is 1. The molecular weight excluding hydrogens is 360 g/mol. The molecule has 0 radical (unpaired) electrons. The van der Waals surface area contributed by atoms with Crippen LogP contribution in [0.4, 0.5) is 0 Å². The molecule has 0 aliphatic rings. The number of aromatic hydroxyl groups is 1. The van der Waals surface area contributed by atoms with Crippen molar-refractivity contribution in [2.45, 2.75) is 6.92 Å². The molecule has 0 amide bonds. The van der Waals surface area contributed by atoms with Crippen LogP contribution in [-0.2, 0) is 0 Å². The molecule has 1 N–H and O–H groups in total. The monoisotopic (exact) mass is 368 g/mol. The Morgan fingerprint density at radius 1 is 1.00 bits per heavy atom. The Hall–Kier alpha value is -1.13. The second kappa shape index (κ2) is 5.24. The van der Waals surface area contributed by atoms with Gasteiger partial charge < -0.3 is 5.11 Å². The Kier molecular flexibility index (Phi) is 3.88. The minimum atomic E-state index is -0.0337. The number of phenols is 1. The van der Waals surface area contributed by atoms with Gasteiger partial charge >= 0.3 is 0 Å². The second-order valence-corrected chi connectivity index (χ2v) is 5.74. The Morgan fingerprint density at radius 2 is 1.56 bits per heavy atom. The predicted molar refractivity (Wildman–Crippen MR) is 78.9 cm³/mol. The summed E-state index contributed by atoms with van der Waals surface area (Å²) in [6, 6.07) is 10.7. The first-order chi connectivity index (χ1) is 8.49. The summed E-state index contributed by atoms with van der Waals surface area (Å²) in [5.74, 6) is 0.114. The highest BCUT2D eigenvalue weighted by atomic mass is 79.9. The lowest BCUT2D eigenvalue weighted by Crippen LogP contribution is -1.96. The molecule has 0 aliphatic carbocycles. The molecule has 2 aromatic rings. The van der Waals surface area contributed by atoms with Gasteiger partial charge in [0.25, 0.3) is 0 Å². The number of ketones is 1. The van der Waals surface area contributed by atoms with Gasteiger partial charge in [-0.05, 0) is 42.8 Å². The van der Waals surface area contributed by atoms with Gasteiger partial charge in [0.1, 0.15) is 5.75 Å². The highest BCUT2D eigenvalue weighted by Crippen LogP contribution is 2.35. The molecule has 0 fully saturated rings. The summed E-state index contributed by atoms with van der Waals surface area (Å²) in [7, 11) is 0. The van der Waals surface area contributed by atoms with Crippen molar-refractivity contribution in [1.82, 2.24) is 0 Å². The number of carbonyl (C=O) groups excluding carboxylic acids is 1. The first-order valence-electron chi connectivity index (χ1n) is 5.28. The third-order valence-electron chi connectivity index (χ3n) is 2.61. The Morgan fingerprint density at radius 3 is 2.11 bits per heavy atom. The number of phenolic OH excluding ortho intramolecular Hbond substituents is 1.